The Bertz CT molecular complexity index is 1080. The van der Waals surface area contributed by atoms with Gasteiger partial charge in [-0.2, -0.15) is 0 Å². The van der Waals surface area contributed by atoms with E-state index in [4.69, 9.17) is 23.4 Å². The van der Waals surface area contributed by atoms with Gasteiger partial charge in [0.1, 0.15) is 16.0 Å². The highest BCUT2D eigenvalue weighted by atomic mass is 79.9. The highest BCUT2D eigenvalue weighted by molar-refractivity contribution is 9.10. The molecule has 1 atom stereocenters. The Balaban J connectivity index is 1.55. The molecule has 1 aliphatic rings. The van der Waals surface area contributed by atoms with Crippen LogP contribution >= 0.6 is 15.9 Å². The van der Waals surface area contributed by atoms with E-state index in [1.807, 2.05) is 24.3 Å². The van der Waals surface area contributed by atoms with Crippen LogP contribution in [0.15, 0.2) is 51.5 Å². The molecule has 2 heterocycles. The summed E-state index contributed by atoms with van der Waals surface area (Å²) in [5.74, 6) is 1.17. The average molecular weight is 517 g/mol. The molecule has 3 aromatic rings. The number of Topliss-reactive ketones (excluding diaryl/α,β-unsaturated/α-hetero) is 1. The van der Waals surface area contributed by atoms with Gasteiger partial charge in [-0.15, -0.1) is 0 Å². The quantitative estimate of drug-likeness (QED) is 0.404. The molecule has 2 aromatic carbocycles. The van der Waals surface area contributed by atoms with Crippen molar-refractivity contribution >= 4 is 27.4 Å². The second-order valence-corrected chi connectivity index (χ2v) is 8.19. The number of morpholine rings is 1. The molecular formula is C24H25BrN2O6. The van der Waals surface area contributed by atoms with E-state index in [0.717, 1.165) is 24.3 Å². The lowest BCUT2D eigenvalue weighted by Gasteiger charge is -2.29. The van der Waals surface area contributed by atoms with Crippen molar-refractivity contribution in [2.45, 2.75) is 6.10 Å². The van der Waals surface area contributed by atoms with Crippen molar-refractivity contribution in [3.8, 4) is 22.8 Å². The first-order chi connectivity index (χ1) is 16.0. The average Bonchev–Trinajstić information content (AvgIpc) is 3.36. The number of hydrogen-bond acceptors (Lipinski definition) is 8. The molecule has 174 valence electrons. The van der Waals surface area contributed by atoms with E-state index in [-0.39, 0.29) is 11.7 Å². The van der Waals surface area contributed by atoms with Gasteiger partial charge in [-0.1, -0.05) is 12.1 Å². The first-order valence-electron chi connectivity index (χ1n) is 10.4. The summed E-state index contributed by atoms with van der Waals surface area (Å²) in [5, 5.41) is 0. The largest absolute Gasteiger partial charge is 0.495 e. The van der Waals surface area contributed by atoms with Crippen LogP contribution in [0, 0.1) is 0 Å². The van der Waals surface area contributed by atoms with Crippen LogP contribution in [-0.4, -0.2) is 58.4 Å². The van der Waals surface area contributed by atoms with E-state index in [1.54, 1.807) is 26.4 Å². The number of carbonyl (C=O) groups excluding carboxylic acids is 1. The number of hydrogen-bond donors (Lipinski definition) is 0. The van der Waals surface area contributed by atoms with Gasteiger partial charge in [-0.05, 0) is 45.8 Å². The zero-order valence-electron chi connectivity index (χ0n) is 18.7. The Hall–Kier alpha value is -2.88. The Morgan fingerprint density at radius 3 is 2.27 bits per heavy atom. The van der Waals surface area contributed by atoms with Gasteiger partial charge in [0.05, 0.1) is 33.6 Å². The van der Waals surface area contributed by atoms with Gasteiger partial charge >= 0.3 is 0 Å². The molecule has 0 saturated carbocycles. The standard InChI is InChI=1S/C24H25BrN2O6/c1-29-18-12-16(13-19(30-2)21(18)25)20-14-26-24(33-20)22(28)23(31-3)15-4-6-17(7-5-15)27-8-10-32-11-9-27/h4-7,12-14,23H,8-11H2,1-3H3. The number of nitrogens with zero attached hydrogens (tertiary/aromatic N) is 2. The number of ketones is 1. The van der Waals surface area contributed by atoms with Crippen LogP contribution < -0.4 is 14.4 Å². The maximum absolute atomic E-state index is 13.1. The maximum Gasteiger partial charge on any atom is 0.266 e. The van der Waals surface area contributed by atoms with Crippen LogP contribution in [0.4, 0.5) is 5.69 Å². The van der Waals surface area contributed by atoms with Gasteiger partial charge < -0.3 is 28.3 Å². The molecular weight excluding hydrogens is 492 g/mol. The molecule has 1 fully saturated rings. The van der Waals surface area contributed by atoms with E-state index in [9.17, 15) is 4.79 Å². The minimum atomic E-state index is -0.829. The summed E-state index contributed by atoms with van der Waals surface area (Å²) >= 11 is 3.45. The van der Waals surface area contributed by atoms with E-state index in [0.29, 0.717) is 40.5 Å². The third-order valence-electron chi connectivity index (χ3n) is 5.49. The molecule has 4 rings (SSSR count). The van der Waals surface area contributed by atoms with Crippen LogP contribution in [0.2, 0.25) is 0 Å². The van der Waals surface area contributed by atoms with E-state index in [1.165, 1.54) is 13.3 Å². The molecule has 0 spiro atoms. The van der Waals surface area contributed by atoms with Crippen molar-refractivity contribution in [2.75, 3.05) is 52.5 Å². The fraction of sp³-hybridized carbons (Fsp3) is 0.333. The molecule has 0 N–H and O–H groups in total. The molecule has 0 bridgehead atoms. The lowest BCUT2D eigenvalue weighted by Crippen LogP contribution is -2.36. The minimum absolute atomic E-state index is 0.0324. The van der Waals surface area contributed by atoms with Crippen LogP contribution in [0.25, 0.3) is 11.3 Å². The second-order valence-electron chi connectivity index (χ2n) is 7.40. The van der Waals surface area contributed by atoms with Gasteiger partial charge in [-0.3, -0.25) is 4.79 Å². The zero-order chi connectivity index (χ0) is 23.4. The van der Waals surface area contributed by atoms with Crippen molar-refractivity contribution < 1.29 is 28.2 Å². The Morgan fingerprint density at radius 2 is 1.70 bits per heavy atom. The first kappa shape index (κ1) is 23.3. The summed E-state index contributed by atoms with van der Waals surface area (Å²) in [6, 6.07) is 11.3. The number of oxazole rings is 1. The third-order valence-corrected chi connectivity index (χ3v) is 6.27. The molecule has 1 aromatic heterocycles. The van der Waals surface area contributed by atoms with Crippen LogP contribution in [0.3, 0.4) is 0 Å². The SMILES string of the molecule is COc1cc(-c2cnc(C(=O)C(OC)c3ccc(N4CCOCC4)cc3)o2)cc(OC)c1Br. The van der Waals surface area contributed by atoms with Crippen LogP contribution in [0.5, 0.6) is 11.5 Å². The first-order valence-corrected chi connectivity index (χ1v) is 11.2. The molecule has 1 saturated heterocycles. The predicted octanol–water partition coefficient (Wildman–Crippen LogP) is 4.53. The number of halogens is 1. The van der Waals surface area contributed by atoms with Crippen molar-refractivity contribution in [3.05, 3.63) is 58.5 Å². The molecule has 9 heteroatoms. The fourth-order valence-corrected chi connectivity index (χ4v) is 4.27. The topological polar surface area (TPSA) is 83.3 Å². The maximum atomic E-state index is 13.1. The van der Waals surface area contributed by atoms with Gasteiger partial charge in [0.2, 0.25) is 0 Å². The fourth-order valence-electron chi connectivity index (χ4n) is 3.72. The van der Waals surface area contributed by atoms with Crippen LogP contribution in [-0.2, 0) is 9.47 Å². The van der Waals surface area contributed by atoms with E-state index >= 15 is 0 Å². The number of carbonyl (C=O) groups is 1. The number of aromatic nitrogens is 1. The molecule has 1 aliphatic heterocycles. The van der Waals surface area contributed by atoms with E-state index < -0.39 is 6.10 Å². The van der Waals surface area contributed by atoms with E-state index in [2.05, 4.69) is 25.8 Å². The summed E-state index contributed by atoms with van der Waals surface area (Å²) in [7, 11) is 4.62. The van der Waals surface area contributed by atoms with Gasteiger partial charge in [0.25, 0.3) is 11.7 Å². The normalized spacial score (nSPS) is 14.7. The second kappa shape index (κ2) is 10.4. The summed E-state index contributed by atoms with van der Waals surface area (Å²) in [6.45, 7) is 3.11. The molecule has 0 amide bonds. The summed E-state index contributed by atoms with van der Waals surface area (Å²) in [6.07, 6.45) is 0.674. The zero-order valence-corrected chi connectivity index (χ0v) is 20.3. The lowest BCUT2D eigenvalue weighted by atomic mass is 10.0. The summed E-state index contributed by atoms with van der Waals surface area (Å²) in [4.78, 5) is 19.6. The highest BCUT2D eigenvalue weighted by Gasteiger charge is 2.27. The predicted molar refractivity (Wildman–Crippen MR) is 126 cm³/mol. The Morgan fingerprint density at radius 1 is 1.06 bits per heavy atom. The molecule has 33 heavy (non-hydrogen) atoms. The van der Waals surface area contributed by atoms with Gasteiger partial charge in [0.15, 0.2) is 11.9 Å². The van der Waals surface area contributed by atoms with Crippen molar-refractivity contribution in [2.24, 2.45) is 0 Å². The smallest absolute Gasteiger partial charge is 0.266 e. The summed E-state index contributed by atoms with van der Waals surface area (Å²) in [5.41, 5.74) is 2.48. The minimum Gasteiger partial charge on any atom is -0.495 e. The van der Waals surface area contributed by atoms with Crippen molar-refractivity contribution in [3.63, 3.8) is 0 Å². The Labute approximate surface area is 200 Å². The monoisotopic (exact) mass is 516 g/mol. The lowest BCUT2D eigenvalue weighted by molar-refractivity contribution is 0.0570. The molecule has 0 radical (unpaired) electrons. The molecule has 8 nitrogen and oxygen atoms in total. The number of methoxy groups -OCH3 is 3. The van der Waals surface area contributed by atoms with Crippen molar-refractivity contribution in [1.82, 2.24) is 4.98 Å². The number of anilines is 1. The third kappa shape index (κ3) is 4.90. The number of ether oxygens (including phenoxy) is 4. The Kier molecular flexibility index (Phi) is 7.32. The van der Waals surface area contributed by atoms with Crippen LogP contribution in [0.1, 0.15) is 22.4 Å². The van der Waals surface area contributed by atoms with Gasteiger partial charge in [-0.25, -0.2) is 4.98 Å². The summed E-state index contributed by atoms with van der Waals surface area (Å²) < 4.78 is 28.2. The highest BCUT2D eigenvalue weighted by Crippen LogP contribution is 2.39. The number of benzene rings is 2. The molecule has 1 unspecified atom stereocenters. The van der Waals surface area contributed by atoms with Gasteiger partial charge in [0, 0.05) is 31.5 Å². The van der Waals surface area contributed by atoms with Crippen molar-refractivity contribution in [1.29, 1.82) is 0 Å². The number of rotatable bonds is 8. The molecule has 0 aliphatic carbocycles.